The summed E-state index contributed by atoms with van der Waals surface area (Å²) in [5.74, 6) is 0.767. The average Bonchev–Trinajstić information content (AvgIpc) is 2.74. The van der Waals surface area contributed by atoms with Crippen LogP contribution in [-0.2, 0) is 27.8 Å². The quantitative estimate of drug-likeness (QED) is 0.827. The van der Waals surface area contributed by atoms with E-state index >= 15 is 0 Å². The summed E-state index contributed by atoms with van der Waals surface area (Å²) < 4.78 is 39.5. The Kier molecular flexibility index (Phi) is 3.77. The predicted molar refractivity (Wildman–Crippen MR) is 95.5 cm³/mol. The first-order valence-electron chi connectivity index (χ1n) is 8.37. The second-order valence-corrected chi connectivity index (χ2v) is 8.93. The first kappa shape index (κ1) is 16.4. The Labute approximate surface area is 148 Å². The molecule has 0 fully saturated rings. The van der Waals surface area contributed by atoms with Crippen molar-refractivity contribution in [1.82, 2.24) is 0 Å². The summed E-state index contributed by atoms with van der Waals surface area (Å²) in [6.45, 7) is 5.11. The van der Waals surface area contributed by atoms with Crippen LogP contribution >= 0.6 is 0 Å². The maximum atomic E-state index is 13.3. The smallest absolute Gasteiger partial charge is 0.264 e. The molecule has 0 amide bonds. The average molecular weight is 359 g/mol. The zero-order valence-corrected chi connectivity index (χ0v) is 15.2. The molecule has 132 valence electrons. The molecule has 6 heteroatoms. The van der Waals surface area contributed by atoms with E-state index in [1.165, 1.54) is 4.31 Å². The van der Waals surface area contributed by atoms with Crippen LogP contribution in [0.25, 0.3) is 0 Å². The molecule has 0 atom stereocenters. The summed E-state index contributed by atoms with van der Waals surface area (Å²) in [7, 11) is -3.66. The number of fused-ring (bicyclic) bond motifs is 2. The molecular weight excluding hydrogens is 338 g/mol. The van der Waals surface area contributed by atoms with Gasteiger partial charge in [0.25, 0.3) is 10.0 Å². The lowest BCUT2D eigenvalue weighted by molar-refractivity contribution is 0.133. The van der Waals surface area contributed by atoms with Crippen molar-refractivity contribution in [3.05, 3.63) is 53.6 Å². The molecule has 0 aliphatic carbocycles. The number of hydrogen-bond acceptors (Lipinski definition) is 4. The fraction of sp³-hybridized carbons (Fsp3) is 0.368. The number of hydrogen-bond donors (Lipinski definition) is 0. The number of anilines is 1. The molecule has 4 rings (SSSR count). The molecule has 2 aliphatic heterocycles. The summed E-state index contributed by atoms with van der Waals surface area (Å²) >= 11 is 0. The van der Waals surface area contributed by atoms with Crippen LogP contribution in [0.3, 0.4) is 0 Å². The summed E-state index contributed by atoms with van der Waals surface area (Å²) in [4.78, 5) is 0.296. The maximum absolute atomic E-state index is 13.3. The van der Waals surface area contributed by atoms with E-state index in [4.69, 9.17) is 9.47 Å². The van der Waals surface area contributed by atoms with Gasteiger partial charge in [-0.3, -0.25) is 4.31 Å². The lowest BCUT2D eigenvalue weighted by atomic mass is 10.0. The van der Waals surface area contributed by atoms with Crippen molar-refractivity contribution in [2.75, 3.05) is 17.5 Å². The zero-order chi connectivity index (χ0) is 17.7. The van der Waals surface area contributed by atoms with E-state index < -0.39 is 10.0 Å². The molecule has 0 aromatic heterocycles. The second kappa shape index (κ2) is 5.75. The van der Waals surface area contributed by atoms with Crippen molar-refractivity contribution in [2.45, 2.75) is 37.4 Å². The maximum Gasteiger partial charge on any atom is 0.264 e. The Morgan fingerprint density at radius 1 is 1.08 bits per heavy atom. The first-order valence-corrected chi connectivity index (χ1v) is 9.81. The molecule has 0 bridgehead atoms. The van der Waals surface area contributed by atoms with Gasteiger partial charge in [0.15, 0.2) is 0 Å². The highest BCUT2D eigenvalue weighted by Gasteiger charge is 2.33. The largest absolute Gasteiger partial charge is 0.487 e. The second-order valence-electron chi connectivity index (χ2n) is 7.07. The minimum Gasteiger partial charge on any atom is -0.487 e. The molecule has 0 saturated heterocycles. The highest BCUT2D eigenvalue weighted by atomic mass is 32.2. The lowest BCUT2D eigenvalue weighted by Crippen LogP contribution is -2.33. The van der Waals surface area contributed by atoms with Crippen LogP contribution in [0.5, 0.6) is 5.75 Å². The Balaban J connectivity index is 1.76. The molecule has 2 aliphatic rings. The van der Waals surface area contributed by atoms with E-state index in [0.717, 1.165) is 16.9 Å². The van der Waals surface area contributed by atoms with Crippen LogP contribution < -0.4 is 9.04 Å². The third kappa shape index (κ3) is 2.89. The zero-order valence-electron chi connectivity index (χ0n) is 14.4. The fourth-order valence-electron chi connectivity index (χ4n) is 3.45. The fourth-order valence-corrected chi connectivity index (χ4v) is 4.99. The Morgan fingerprint density at radius 2 is 1.88 bits per heavy atom. The number of ether oxygens (including phenoxy) is 2. The van der Waals surface area contributed by atoms with E-state index in [1.54, 1.807) is 18.2 Å². The summed E-state index contributed by atoms with van der Waals surface area (Å²) in [5, 5.41) is 0. The van der Waals surface area contributed by atoms with Gasteiger partial charge in [-0.1, -0.05) is 18.2 Å². The number of para-hydroxylation sites is 1. The van der Waals surface area contributed by atoms with E-state index in [1.807, 2.05) is 38.1 Å². The molecule has 2 aromatic rings. The third-order valence-electron chi connectivity index (χ3n) is 4.58. The molecule has 0 spiro atoms. The van der Waals surface area contributed by atoms with Crippen molar-refractivity contribution in [2.24, 2.45) is 0 Å². The number of rotatable bonds is 2. The molecule has 2 heterocycles. The van der Waals surface area contributed by atoms with E-state index in [9.17, 15) is 8.42 Å². The number of benzene rings is 2. The van der Waals surface area contributed by atoms with Crippen LogP contribution in [0.2, 0.25) is 0 Å². The van der Waals surface area contributed by atoms with Crippen molar-refractivity contribution in [3.8, 4) is 5.75 Å². The van der Waals surface area contributed by atoms with Gasteiger partial charge in [0, 0.05) is 12.0 Å². The van der Waals surface area contributed by atoms with E-state index in [2.05, 4.69) is 0 Å². The van der Waals surface area contributed by atoms with E-state index in [0.29, 0.717) is 36.8 Å². The highest BCUT2D eigenvalue weighted by molar-refractivity contribution is 7.92. The van der Waals surface area contributed by atoms with Crippen LogP contribution in [-0.4, -0.2) is 27.2 Å². The first-order chi connectivity index (χ1) is 11.9. The third-order valence-corrected chi connectivity index (χ3v) is 6.39. The van der Waals surface area contributed by atoms with Gasteiger partial charge in [0.1, 0.15) is 11.4 Å². The topological polar surface area (TPSA) is 55.8 Å². The summed E-state index contributed by atoms with van der Waals surface area (Å²) in [5.41, 5.74) is 2.21. The standard InChI is InChI=1S/C19H21NO4S/c1-19(2)12-15-11-16(7-8-18(15)24-19)25(21,22)20-9-10-23-13-14-5-3-4-6-17(14)20/h3-8,11H,9-10,12-13H2,1-2H3. The van der Waals surface area contributed by atoms with Gasteiger partial charge in [0.2, 0.25) is 0 Å². The number of nitrogens with zero attached hydrogens (tertiary/aromatic N) is 1. The normalized spacial score (nSPS) is 18.9. The SMILES string of the molecule is CC1(C)Cc2cc(S(=O)(=O)N3CCOCc4ccccc43)ccc2O1. The molecule has 0 N–H and O–H groups in total. The Morgan fingerprint density at radius 3 is 2.72 bits per heavy atom. The van der Waals surface area contributed by atoms with Gasteiger partial charge in [-0.15, -0.1) is 0 Å². The van der Waals surface area contributed by atoms with Gasteiger partial charge in [0.05, 0.1) is 30.3 Å². The minimum atomic E-state index is -3.66. The molecule has 0 saturated carbocycles. The predicted octanol–water partition coefficient (Wildman–Crippen LogP) is 3.13. The molecule has 2 aromatic carbocycles. The van der Waals surface area contributed by atoms with Gasteiger partial charge < -0.3 is 9.47 Å². The van der Waals surface area contributed by atoms with Gasteiger partial charge in [-0.05, 0) is 43.7 Å². The van der Waals surface area contributed by atoms with Crippen molar-refractivity contribution in [3.63, 3.8) is 0 Å². The summed E-state index contributed by atoms with van der Waals surface area (Å²) in [6, 6.07) is 12.6. The minimum absolute atomic E-state index is 0.296. The van der Waals surface area contributed by atoms with Crippen LogP contribution in [0, 0.1) is 0 Å². The molecule has 5 nitrogen and oxygen atoms in total. The van der Waals surface area contributed by atoms with E-state index in [-0.39, 0.29) is 5.60 Å². The lowest BCUT2D eigenvalue weighted by Gasteiger charge is -2.24. The molecule has 25 heavy (non-hydrogen) atoms. The van der Waals surface area contributed by atoms with Gasteiger partial charge >= 0.3 is 0 Å². The highest BCUT2D eigenvalue weighted by Crippen LogP contribution is 2.37. The summed E-state index contributed by atoms with van der Waals surface area (Å²) in [6.07, 6.45) is 0.700. The van der Waals surface area contributed by atoms with Gasteiger partial charge in [-0.2, -0.15) is 0 Å². The van der Waals surface area contributed by atoms with Crippen LogP contribution in [0.4, 0.5) is 5.69 Å². The molecular formula is C19H21NO4S. The number of sulfonamides is 1. The monoisotopic (exact) mass is 359 g/mol. The molecule has 0 unspecified atom stereocenters. The van der Waals surface area contributed by atoms with Crippen molar-refractivity contribution < 1.29 is 17.9 Å². The van der Waals surface area contributed by atoms with Gasteiger partial charge in [-0.25, -0.2) is 8.42 Å². The van der Waals surface area contributed by atoms with Crippen molar-refractivity contribution >= 4 is 15.7 Å². The molecule has 0 radical (unpaired) electrons. The Bertz CT molecular complexity index is 921. The van der Waals surface area contributed by atoms with Crippen LogP contribution in [0.15, 0.2) is 47.4 Å². The Hall–Kier alpha value is -2.05. The van der Waals surface area contributed by atoms with Crippen molar-refractivity contribution in [1.29, 1.82) is 0 Å². The van der Waals surface area contributed by atoms with Crippen LogP contribution in [0.1, 0.15) is 25.0 Å².